The van der Waals surface area contributed by atoms with Gasteiger partial charge in [-0.05, 0) is 51.3 Å². The highest BCUT2D eigenvalue weighted by Crippen LogP contribution is 2.60. The van der Waals surface area contributed by atoms with Crippen LogP contribution in [0.4, 0.5) is 0 Å². The molecule has 0 saturated carbocycles. The summed E-state index contributed by atoms with van der Waals surface area (Å²) in [5, 5.41) is 0. The van der Waals surface area contributed by atoms with Crippen LogP contribution in [0.2, 0.25) is 0 Å². The molecule has 232 valence electrons. The smallest absolute Gasteiger partial charge is 0.164 e. The molecule has 2 aliphatic rings. The van der Waals surface area contributed by atoms with E-state index in [1.165, 1.54) is 33.4 Å². The van der Waals surface area contributed by atoms with E-state index < -0.39 is 5.41 Å². The molecular weight excluding hydrogens is 595 g/mol. The number of hydrogen-bond acceptors (Lipinski definition) is 3. The van der Waals surface area contributed by atoms with Crippen molar-refractivity contribution < 1.29 is 0 Å². The highest BCUT2D eigenvalue weighted by atomic mass is 15.0. The van der Waals surface area contributed by atoms with Crippen molar-refractivity contribution in [3.05, 3.63) is 199 Å². The molecule has 0 fully saturated rings. The monoisotopic (exact) mass is 627 g/mol. The van der Waals surface area contributed by atoms with Gasteiger partial charge < -0.3 is 0 Å². The molecule has 0 N–H and O–H groups in total. The van der Waals surface area contributed by atoms with Gasteiger partial charge in [0.15, 0.2) is 17.5 Å². The van der Waals surface area contributed by atoms with Crippen LogP contribution in [0.1, 0.15) is 23.1 Å². The quantitative estimate of drug-likeness (QED) is 0.184. The summed E-state index contributed by atoms with van der Waals surface area (Å²) < 4.78 is 0. The Balaban J connectivity index is 1.30. The first-order chi connectivity index (χ1) is 24.3. The molecular formula is C46H33N3. The van der Waals surface area contributed by atoms with Crippen molar-refractivity contribution in [2.24, 2.45) is 5.92 Å². The highest BCUT2D eigenvalue weighted by Gasteiger charge is 2.50. The molecule has 49 heavy (non-hydrogen) atoms. The van der Waals surface area contributed by atoms with Crippen molar-refractivity contribution in [1.29, 1.82) is 0 Å². The SMILES string of the molecule is C1=CCC(C2(c3ccccc3)c3ccccc3-c3cccc(-c4nc(-c5ccccc5)nc(-c5ccc(-c6ccccc6)cc5)n4)c32)C=C1. The molecule has 1 heterocycles. The Morgan fingerprint density at radius 1 is 0.429 bits per heavy atom. The Morgan fingerprint density at radius 2 is 0.959 bits per heavy atom. The zero-order valence-corrected chi connectivity index (χ0v) is 26.9. The highest BCUT2D eigenvalue weighted by molar-refractivity contribution is 5.90. The second-order valence-electron chi connectivity index (χ2n) is 12.7. The van der Waals surface area contributed by atoms with Crippen molar-refractivity contribution in [3.63, 3.8) is 0 Å². The van der Waals surface area contributed by atoms with Gasteiger partial charge in [-0.3, -0.25) is 0 Å². The second-order valence-corrected chi connectivity index (χ2v) is 12.7. The molecule has 0 bridgehead atoms. The molecule has 0 saturated heterocycles. The number of allylic oxidation sites excluding steroid dienone is 4. The normalized spacial score (nSPS) is 17.4. The summed E-state index contributed by atoms with van der Waals surface area (Å²) in [5.41, 5.74) is 11.2. The number of hydrogen-bond donors (Lipinski definition) is 0. The van der Waals surface area contributed by atoms with Crippen LogP contribution in [0, 0.1) is 5.92 Å². The molecule has 3 heteroatoms. The average molecular weight is 628 g/mol. The van der Waals surface area contributed by atoms with Gasteiger partial charge in [-0.15, -0.1) is 0 Å². The van der Waals surface area contributed by atoms with Gasteiger partial charge in [-0.1, -0.05) is 182 Å². The van der Waals surface area contributed by atoms with Gasteiger partial charge in [0.05, 0.1) is 5.41 Å². The van der Waals surface area contributed by atoms with Gasteiger partial charge in [0, 0.05) is 16.7 Å². The molecule has 0 radical (unpaired) electrons. The molecule has 0 spiro atoms. The molecule has 2 atom stereocenters. The largest absolute Gasteiger partial charge is 0.208 e. The van der Waals surface area contributed by atoms with Gasteiger partial charge in [0.1, 0.15) is 0 Å². The Morgan fingerprint density at radius 3 is 1.65 bits per heavy atom. The lowest BCUT2D eigenvalue weighted by Crippen LogP contribution is -2.36. The van der Waals surface area contributed by atoms with Gasteiger partial charge in [0.2, 0.25) is 0 Å². The van der Waals surface area contributed by atoms with Gasteiger partial charge in [0.25, 0.3) is 0 Å². The fraction of sp³-hybridized carbons (Fsp3) is 0.0652. The van der Waals surface area contributed by atoms with Crippen LogP contribution >= 0.6 is 0 Å². The number of benzene rings is 6. The first kappa shape index (κ1) is 29.0. The Hall–Kier alpha value is -6.19. The van der Waals surface area contributed by atoms with E-state index in [2.05, 4.69) is 158 Å². The van der Waals surface area contributed by atoms with Gasteiger partial charge in [-0.2, -0.15) is 0 Å². The number of nitrogens with zero attached hydrogens (tertiary/aromatic N) is 3. The number of aromatic nitrogens is 3. The lowest BCUT2D eigenvalue weighted by molar-refractivity contribution is 0.458. The number of fused-ring (bicyclic) bond motifs is 3. The van der Waals surface area contributed by atoms with E-state index in [9.17, 15) is 0 Å². The van der Waals surface area contributed by atoms with Crippen molar-refractivity contribution in [2.45, 2.75) is 11.8 Å². The first-order valence-corrected chi connectivity index (χ1v) is 16.9. The maximum absolute atomic E-state index is 5.29. The van der Waals surface area contributed by atoms with Crippen LogP contribution in [-0.2, 0) is 5.41 Å². The summed E-state index contributed by atoms with van der Waals surface area (Å²) >= 11 is 0. The van der Waals surface area contributed by atoms with E-state index in [4.69, 9.17) is 15.0 Å². The van der Waals surface area contributed by atoms with E-state index in [1.54, 1.807) is 0 Å². The third-order valence-electron chi connectivity index (χ3n) is 10.0. The Kier molecular flexibility index (Phi) is 7.17. The van der Waals surface area contributed by atoms with Gasteiger partial charge in [-0.25, -0.2) is 15.0 Å². The molecule has 1 aromatic heterocycles. The topological polar surface area (TPSA) is 38.7 Å². The molecule has 2 aliphatic carbocycles. The fourth-order valence-corrected chi connectivity index (χ4v) is 7.87. The van der Waals surface area contributed by atoms with Crippen molar-refractivity contribution in [2.75, 3.05) is 0 Å². The predicted molar refractivity (Wildman–Crippen MR) is 200 cm³/mol. The van der Waals surface area contributed by atoms with Crippen molar-refractivity contribution in [1.82, 2.24) is 15.0 Å². The minimum atomic E-state index is -0.442. The summed E-state index contributed by atoms with van der Waals surface area (Å²) in [6.07, 6.45) is 9.98. The molecule has 0 aliphatic heterocycles. The fourth-order valence-electron chi connectivity index (χ4n) is 7.87. The molecule has 9 rings (SSSR count). The molecule has 0 amide bonds. The zero-order valence-electron chi connectivity index (χ0n) is 26.9. The van der Waals surface area contributed by atoms with Crippen molar-refractivity contribution in [3.8, 4) is 56.4 Å². The zero-order chi connectivity index (χ0) is 32.6. The maximum Gasteiger partial charge on any atom is 0.164 e. The van der Waals surface area contributed by atoms with Crippen LogP contribution < -0.4 is 0 Å². The van der Waals surface area contributed by atoms with Crippen LogP contribution in [0.25, 0.3) is 56.4 Å². The summed E-state index contributed by atoms with van der Waals surface area (Å²) in [7, 11) is 0. The molecule has 6 aromatic carbocycles. The lowest BCUT2D eigenvalue weighted by atomic mass is 9.61. The minimum Gasteiger partial charge on any atom is -0.208 e. The van der Waals surface area contributed by atoms with E-state index in [-0.39, 0.29) is 5.92 Å². The Bertz CT molecular complexity index is 2340. The third-order valence-corrected chi connectivity index (χ3v) is 10.0. The van der Waals surface area contributed by atoms with E-state index in [0.29, 0.717) is 17.5 Å². The number of rotatable bonds is 6. The van der Waals surface area contributed by atoms with E-state index in [1.807, 2.05) is 24.3 Å². The minimum absolute atomic E-state index is 0.198. The second kappa shape index (κ2) is 12.1. The van der Waals surface area contributed by atoms with Crippen LogP contribution in [-0.4, -0.2) is 15.0 Å². The van der Waals surface area contributed by atoms with E-state index >= 15 is 0 Å². The predicted octanol–water partition coefficient (Wildman–Crippen LogP) is 11.0. The Labute approximate surface area is 287 Å². The van der Waals surface area contributed by atoms with Crippen molar-refractivity contribution >= 4 is 0 Å². The van der Waals surface area contributed by atoms with Crippen LogP contribution in [0.3, 0.4) is 0 Å². The summed E-state index contributed by atoms with van der Waals surface area (Å²) in [4.78, 5) is 15.6. The van der Waals surface area contributed by atoms with Crippen LogP contribution in [0.5, 0.6) is 0 Å². The lowest BCUT2D eigenvalue weighted by Gasteiger charge is -2.40. The van der Waals surface area contributed by atoms with Crippen LogP contribution in [0.15, 0.2) is 182 Å². The van der Waals surface area contributed by atoms with Gasteiger partial charge >= 0.3 is 0 Å². The average Bonchev–Trinajstić information content (AvgIpc) is 3.50. The molecule has 2 unspecified atom stereocenters. The summed E-state index contributed by atoms with van der Waals surface area (Å²) in [6, 6.07) is 55.8. The third kappa shape index (κ3) is 4.86. The summed E-state index contributed by atoms with van der Waals surface area (Å²) in [5.74, 6) is 2.19. The molecule has 7 aromatic rings. The van der Waals surface area contributed by atoms with E-state index in [0.717, 1.165) is 28.7 Å². The standard InChI is InChI=1S/C46H33N3/c1-5-16-32(17-6-1)33-28-30-35(31-29-33)44-47-43(34-18-7-2-8-19-34)48-45(49-44)40-26-15-25-39-38-24-13-14-27-41(38)46(42(39)40,36-20-9-3-10-21-36)37-22-11-4-12-23-37/h1-22,24-31,37H,23H2. The molecule has 3 nitrogen and oxygen atoms in total. The maximum atomic E-state index is 5.29. The first-order valence-electron chi connectivity index (χ1n) is 16.9. The summed E-state index contributed by atoms with van der Waals surface area (Å²) in [6.45, 7) is 0.